The highest BCUT2D eigenvalue weighted by Crippen LogP contribution is 2.23. The largest absolute Gasteiger partial charge is 0.508 e. The van der Waals surface area contributed by atoms with Crippen molar-refractivity contribution >= 4 is 5.91 Å². The van der Waals surface area contributed by atoms with E-state index in [0.29, 0.717) is 6.54 Å². The third kappa shape index (κ3) is 3.64. The van der Waals surface area contributed by atoms with Crippen LogP contribution in [0.15, 0.2) is 18.2 Å². The minimum absolute atomic E-state index is 0.0350. The lowest BCUT2D eigenvalue weighted by Crippen LogP contribution is -2.33. The van der Waals surface area contributed by atoms with E-state index in [9.17, 15) is 15.0 Å². The molecule has 1 amide bonds. The van der Waals surface area contributed by atoms with Gasteiger partial charge < -0.3 is 20.0 Å². The summed E-state index contributed by atoms with van der Waals surface area (Å²) in [5.41, 5.74) is 0.117. The average Bonchev–Trinajstić information content (AvgIpc) is 2.28. The van der Waals surface area contributed by atoms with Crippen LogP contribution < -0.4 is 0 Å². The highest BCUT2D eigenvalue weighted by molar-refractivity contribution is 5.97. The molecule has 1 rings (SSSR count). The highest BCUT2D eigenvalue weighted by atomic mass is 16.3. The summed E-state index contributed by atoms with van der Waals surface area (Å²) < 4.78 is 0. The first-order chi connectivity index (χ1) is 7.91. The van der Waals surface area contributed by atoms with E-state index in [1.807, 2.05) is 19.0 Å². The van der Waals surface area contributed by atoms with E-state index in [1.54, 1.807) is 7.05 Å². The van der Waals surface area contributed by atoms with Crippen molar-refractivity contribution in [2.45, 2.75) is 0 Å². The van der Waals surface area contributed by atoms with Crippen LogP contribution in [0, 0.1) is 0 Å². The number of rotatable bonds is 4. The van der Waals surface area contributed by atoms with Crippen molar-refractivity contribution in [3.8, 4) is 11.5 Å². The molecule has 0 atom stereocenters. The van der Waals surface area contributed by atoms with Gasteiger partial charge in [0.2, 0.25) is 0 Å². The van der Waals surface area contributed by atoms with Crippen molar-refractivity contribution in [2.24, 2.45) is 0 Å². The molecule has 5 heteroatoms. The molecule has 0 aliphatic rings. The van der Waals surface area contributed by atoms with Gasteiger partial charge in [-0.25, -0.2) is 0 Å². The van der Waals surface area contributed by atoms with Crippen LogP contribution >= 0.6 is 0 Å². The Balaban J connectivity index is 2.78. The Kier molecular flexibility index (Phi) is 4.34. The standard InChI is InChI=1S/C12H18N2O3/c1-13(2)6-7-14(3)12(17)10-8-9(15)4-5-11(10)16/h4-5,8,15-16H,6-7H2,1-3H3. The van der Waals surface area contributed by atoms with E-state index < -0.39 is 0 Å². The average molecular weight is 238 g/mol. The first-order valence-electron chi connectivity index (χ1n) is 5.34. The maximum Gasteiger partial charge on any atom is 0.257 e. The molecule has 0 bridgehead atoms. The smallest absolute Gasteiger partial charge is 0.257 e. The lowest BCUT2D eigenvalue weighted by Gasteiger charge is -2.20. The van der Waals surface area contributed by atoms with Gasteiger partial charge in [0, 0.05) is 20.1 Å². The molecule has 94 valence electrons. The minimum Gasteiger partial charge on any atom is -0.508 e. The van der Waals surface area contributed by atoms with Crippen molar-refractivity contribution in [3.05, 3.63) is 23.8 Å². The van der Waals surface area contributed by atoms with Crippen molar-refractivity contribution in [1.29, 1.82) is 0 Å². The molecule has 1 aromatic rings. The van der Waals surface area contributed by atoms with E-state index >= 15 is 0 Å². The number of phenolic OH excluding ortho intramolecular Hbond substituents is 2. The van der Waals surface area contributed by atoms with Gasteiger partial charge in [0.15, 0.2) is 0 Å². The lowest BCUT2D eigenvalue weighted by molar-refractivity contribution is 0.0783. The third-order valence-corrected chi connectivity index (χ3v) is 2.44. The summed E-state index contributed by atoms with van der Waals surface area (Å²) in [6, 6.07) is 3.91. The molecule has 0 aliphatic heterocycles. The van der Waals surface area contributed by atoms with E-state index in [-0.39, 0.29) is 23.0 Å². The molecule has 5 nitrogen and oxygen atoms in total. The fraction of sp³-hybridized carbons (Fsp3) is 0.417. The molecule has 0 saturated carbocycles. The number of likely N-dealkylation sites (N-methyl/N-ethyl adjacent to an activating group) is 2. The number of hydrogen-bond donors (Lipinski definition) is 2. The van der Waals surface area contributed by atoms with Gasteiger partial charge in [0.1, 0.15) is 11.5 Å². The van der Waals surface area contributed by atoms with E-state index in [2.05, 4.69) is 0 Å². The second kappa shape index (κ2) is 5.54. The van der Waals surface area contributed by atoms with Gasteiger partial charge in [-0.2, -0.15) is 0 Å². The van der Waals surface area contributed by atoms with Crippen LogP contribution in [0.1, 0.15) is 10.4 Å². The molecular formula is C12H18N2O3. The molecule has 2 N–H and O–H groups in total. The van der Waals surface area contributed by atoms with Crippen LogP contribution in [0.3, 0.4) is 0 Å². The van der Waals surface area contributed by atoms with Gasteiger partial charge in [0.25, 0.3) is 5.91 Å². The quantitative estimate of drug-likeness (QED) is 0.759. The molecule has 0 radical (unpaired) electrons. The summed E-state index contributed by atoms with van der Waals surface area (Å²) in [5, 5.41) is 18.9. The van der Waals surface area contributed by atoms with Gasteiger partial charge >= 0.3 is 0 Å². The van der Waals surface area contributed by atoms with Gasteiger partial charge in [-0.15, -0.1) is 0 Å². The molecule has 0 saturated heterocycles. The number of hydrogen-bond acceptors (Lipinski definition) is 4. The summed E-state index contributed by atoms with van der Waals surface area (Å²) in [6.45, 7) is 1.29. The molecule has 0 fully saturated rings. The number of aromatic hydroxyl groups is 2. The summed E-state index contributed by atoms with van der Waals surface area (Å²) in [4.78, 5) is 15.4. The van der Waals surface area contributed by atoms with Gasteiger partial charge in [0.05, 0.1) is 5.56 Å². The Hall–Kier alpha value is -1.75. The predicted octanol–water partition coefficient (Wildman–Crippen LogP) is 0.731. The molecule has 17 heavy (non-hydrogen) atoms. The number of nitrogens with zero attached hydrogens (tertiary/aromatic N) is 2. The van der Waals surface area contributed by atoms with Crippen LogP contribution in [-0.2, 0) is 0 Å². The van der Waals surface area contributed by atoms with Gasteiger partial charge in [-0.05, 0) is 32.3 Å². The highest BCUT2D eigenvalue weighted by Gasteiger charge is 2.16. The van der Waals surface area contributed by atoms with Crippen LogP contribution in [-0.4, -0.2) is 60.2 Å². The van der Waals surface area contributed by atoms with Crippen LogP contribution in [0.4, 0.5) is 0 Å². The van der Waals surface area contributed by atoms with Crippen LogP contribution in [0.5, 0.6) is 11.5 Å². The van der Waals surface area contributed by atoms with Gasteiger partial charge in [-0.3, -0.25) is 4.79 Å². The molecule has 0 heterocycles. The fourth-order valence-electron chi connectivity index (χ4n) is 1.35. The van der Waals surface area contributed by atoms with Crippen molar-refractivity contribution < 1.29 is 15.0 Å². The Bertz CT molecular complexity index is 405. The Labute approximate surface area is 101 Å². The van der Waals surface area contributed by atoms with Crippen molar-refractivity contribution in [1.82, 2.24) is 9.80 Å². The fourth-order valence-corrected chi connectivity index (χ4v) is 1.35. The first kappa shape index (κ1) is 13.3. The molecule has 1 aromatic carbocycles. The summed E-state index contributed by atoms with van der Waals surface area (Å²) in [6.07, 6.45) is 0. The number of carbonyl (C=O) groups is 1. The third-order valence-electron chi connectivity index (χ3n) is 2.44. The second-order valence-corrected chi connectivity index (χ2v) is 4.23. The topological polar surface area (TPSA) is 64.0 Å². The minimum atomic E-state index is -0.305. The number of amides is 1. The van der Waals surface area contributed by atoms with E-state index in [4.69, 9.17) is 0 Å². The van der Waals surface area contributed by atoms with Crippen molar-refractivity contribution in [3.63, 3.8) is 0 Å². The first-order valence-corrected chi connectivity index (χ1v) is 5.34. The number of benzene rings is 1. The molecule has 0 aliphatic carbocycles. The Morgan fingerprint density at radius 2 is 1.82 bits per heavy atom. The zero-order valence-electron chi connectivity index (χ0n) is 10.3. The summed E-state index contributed by atoms with van der Waals surface area (Å²) in [7, 11) is 5.50. The maximum absolute atomic E-state index is 12.0. The molecule has 0 aromatic heterocycles. The Morgan fingerprint density at radius 1 is 1.18 bits per heavy atom. The van der Waals surface area contributed by atoms with Crippen molar-refractivity contribution in [2.75, 3.05) is 34.2 Å². The lowest BCUT2D eigenvalue weighted by atomic mass is 10.1. The molecule has 0 unspecified atom stereocenters. The predicted molar refractivity (Wildman–Crippen MR) is 65.3 cm³/mol. The van der Waals surface area contributed by atoms with Crippen LogP contribution in [0.25, 0.3) is 0 Å². The maximum atomic E-state index is 12.0. The summed E-state index contributed by atoms with van der Waals surface area (Å²) >= 11 is 0. The normalized spacial score (nSPS) is 10.6. The second-order valence-electron chi connectivity index (χ2n) is 4.23. The molecular weight excluding hydrogens is 220 g/mol. The van der Waals surface area contributed by atoms with Gasteiger partial charge in [-0.1, -0.05) is 0 Å². The molecule has 0 spiro atoms. The summed E-state index contributed by atoms with van der Waals surface area (Å²) in [5.74, 6) is -0.461. The Morgan fingerprint density at radius 3 is 2.41 bits per heavy atom. The van der Waals surface area contributed by atoms with E-state index in [0.717, 1.165) is 6.54 Å². The zero-order valence-corrected chi connectivity index (χ0v) is 10.3. The monoisotopic (exact) mass is 238 g/mol. The number of phenols is 2. The van der Waals surface area contributed by atoms with Crippen LogP contribution in [0.2, 0.25) is 0 Å². The zero-order chi connectivity index (χ0) is 13.0. The SMILES string of the molecule is CN(C)CCN(C)C(=O)c1cc(O)ccc1O. The number of carbonyl (C=O) groups excluding carboxylic acids is 1. The van der Waals surface area contributed by atoms with E-state index in [1.165, 1.54) is 23.1 Å².